The molecular weight excluding hydrogens is 557 g/mol. The first-order valence-electron chi connectivity index (χ1n) is 14.1. The monoisotopic (exact) mass is 598 g/mol. The molecule has 0 saturated heterocycles. The molecular formula is C30H40GeN2S3. The van der Waals surface area contributed by atoms with Crippen LogP contribution < -0.4 is 8.79 Å². The van der Waals surface area contributed by atoms with Crippen LogP contribution in [0.1, 0.15) is 79.1 Å². The Morgan fingerprint density at radius 1 is 0.833 bits per heavy atom. The second-order valence-corrected chi connectivity index (χ2v) is 21.8. The summed E-state index contributed by atoms with van der Waals surface area (Å²) in [5.41, 5.74) is 3.40. The summed E-state index contributed by atoms with van der Waals surface area (Å²) < 4.78 is 12.9. The van der Waals surface area contributed by atoms with Crippen molar-refractivity contribution in [2.45, 2.75) is 89.6 Å². The zero-order chi connectivity index (χ0) is 25.1. The number of nitrogens with zero attached hydrogens (tertiary/aromatic N) is 2. The van der Waals surface area contributed by atoms with E-state index in [0.717, 1.165) is 22.9 Å². The Labute approximate surface area is 232 Å². The molecule has 4 heterocycles. The molecule has 0 radical (unpaired) electrons. The van der Waals surface area contributed by atoms with Gasteiger partial charge in [0.05, 0.1) is 0 Å². The van der Waals surface area contributed by atoms with Crippen molar-refractivity contribution >= 4 is 67.5 Å². The molecule has 1 aliphatic rings. The van der Waals surface area contributed by atoms with E-state index in [0.29, 0.717) is 0 Å². The molecule has 5 rings (SSSR count). The van der Waals surface area contributed by atoms with Gasteiger partial charge in [-0.25, -0.2) is 0 Å². The molecule has 0 saturated carbocycles. The van der Waals surface area contributed by atoms with Gasteiger partial charge in [-0.1, -0.05) is 0 Å². The maximum absolute atomic E-state index is 4.69. The third kappa shape index (κ3) is 4.90. The van der Waals surface area contributed by atoms with Crippen LogP contribution in [0.5, 0.6) is 0 Å². The molecule has 0 bridgehead atoms. The Kier molecular flexibility index (Phi) is 8.71. The summed E-state index contributed by atoms with van der Waals surface area (Å²) in [4.78, 5) is 4.65. The van der Waals surface area contributed by atoms with E-state index in [-0.39, 0.29) is 0 Å². The molecule has 2 nitrogen and oxygen atoms in total. The Balaban J connectivity index is 1.63. The molecule has 1 aromatic carbocycles. The van der Waals surface area contributed by atoms with E-state index in [1.54, 1.807) is 9.75 Å². The predicted molar refractivity (Wildman–Crippen MR) is 165 cm³/mol. The van der Waals surface area contributed by atoms with Gasteiger partial charge < -0.3 is 0 Å². The zero-order valence-electron chi connectivity index (χ0n) is 22.3. The number of hydrogen-bond acceptors (Lipinski definition) is 5. The number of fused-ring (bicyclic) bond motifs is 4. The number of aromatic nitrogens is 2. The van der Waals surface area contributed by atoms with Crippen LogP contribution in [0.25, 0.3) is 31.2 Å². The fourth-order valence-corrected chi connectivity index (χ4v) is 25.7. The van der Waals surface area contributed by atoms with Crippen molar-refractivity contribution < 1.29 is 0 Å². The number of thiophene rings is 2. The summed E-state index contributed by atoms with van der Waals surface area (Å²) in [6.07, 6.45) is 10.8. The average Bonchev–Trinajstić information content (AvgIpc) is 3.68. The summed E-state index contributed by atoms with van der Waals surface area (Å²) in [6.45, 7) is 9.60. The van der Waals surface area contributed by atoms with Crippen molar-refractivity contribution in [1.29, 1.82) is 0 Å². The number of benzene rings is 1. The van der Waals surface area contributed by atoms with Crippen LogP contribution in [-0.4, -0.2) is 22.0 Å². The first-order valence-corrected chi connectivity index (χ1v) is 21.6. The van der Waals surface area contributed by atoms with E-state index in [9.17, 15) is 0 Å². The Morgan fingerprint density at radius 2 is 1.56 bits per heavy atom. The molecule has 3 aromatic heterocycles. The molecule has 4 aromatic rings. The van der Waals surface area contributed by atoms with Crippen LogP contribution in [0.4, 0.5) is 0 Å². The van der Waals surface area contributed by atoms with Gasteiger partial charge in [0.1, 0.15) is 0 Å². The van der Waals surface area contributed by atoms with E-state index < -0.39 is 13.3 Å². The number of hydrogen-bond donors (Lipinski definition) is 0. The van der Waals surface area contributed by atoms with Crippen LogP contribution >= 0.6 is 34.4 Å². The van der Waals surface area contributed by atoms with Crippen LogP contribution in [0.3, 0.4) is 0 Å². The molecule has 36 heavy (non-hydrogen) atoms. The number of rotatable bonds is 13. The summed E-state index contributed by atoms with van der Waals surface area (Å²) in [7, 11) is 0. The van der Waals surface area contributed by atoms with Crippen molar-refractivity contribution in [3.63, 3.8) is 0 Å². The SMILES string of the molecule is CCCCC(CC)[CH2][Ge]1([CH2]C(CC)CCCC)[c]2ccsc2-c2sc(-c3cccc4nsnc34)c[c]21. The first-order chi connectivity index (χ1) is 17.6. The molecule has 1 aliphatic heterocycles. The van der Waals surface area contributed by atoms with Gasteiger partial charge in [-0.15, -0.1) is 0 Å². The van der Waals surface area contributed by atoms with E-state index in [1.165, 1.54) is 84.0 Å². The summed E-state index contributed by atoms with van der Waals surface area (Å²) in [5, 5.41) is 5.36. The molecule has 2 unspecified atom stereocenters. The minimum absolute atomic E-state index is 0.863. The van der Waals surface area contributed by atoms with Crippen LogP contribution in [-0.2, 0) is 0 Å². The number of unbranched alkanes of at least 4 members (excludes halogenated alkanes) is 2. The van der Waals surface area contributed by atoms with Crippen molar-refractivity contribution in [2.24, 2.45) is 11.8 Å². The maximum atomic E-state index is 4.69. The summed E-state index contributed by atoms with van der Waals surface area (Å²) >= 11 is 2.82. The standard InChI is InChI=1S/C30H40GeN2S3/c1-5-9-12-21(7-3)19-31(20-22(8-4)13-10-6-2)24-16-17-34-29(24)30-25(31)18-27(35-30)23-14-11-15-26-28(23)33-36-32-26/h11,14-18,21-22H,5-10,12-13,19-20H2,1-4H3. The van der Waals surface area contributed by atoms with Crippen molar-refractivity contribution in [2.75, 3.05) is 0 Å². The molecule has 6 heteroatoms. The predicted octanol–water partition coefficient (Wildman–Crippen LogP) is 9.46. The van der Waals surface area contributed by atoms with Gasteiger partial charge >= 0.3 is 234 Å². The topological polar surface area (TPSA) is 25.8 Å². The third-order valence-corrected chi connectivity index (χ3v) is 23.5. The van der Waals surface area contributed by atoms with Gasteiger partial charge in [-0.2, -0.15) is 0 Å². The van der Waals surface area contributed by atoms with Crippen LogP contribution in [0, 0.1) is 11.8 Å². The van der Waals surface area contributed by atoms with Crippen molar-refractivity contribution in [3.8, 4) is 20.2 Å². The molecule has 0 aliphatic carbocycles. The Hall–Kier alpha value is -1.02. The van der Waals surface area contributed by atoms with Crippen LogP contribution in [0.2, 0.25) is 10.5 Å². The Morgan fingerprint density at radius 3 is 2.22 bits per heavy atom. The van der Waals surface area contributed by atoms with Gasteiger partial charge in [0, 0.05) is 0 Å². The molecule has 0 amide bonds. The fourth-order valence-electron chi connectivity index (χ4n) is 6.46. The zero-order valence-corrected chi connectivity index (χ0v) is 26.9. The average molecular weight is 597 g/mol. The van der Waals surface area contributed by atoms with E-state index >= 15 is 0 Å². The summed E-state index contributed by atoms with van der Waals surface area (Å²) in [6, 6.07) is 11.7. The minimum atomic E-state index is -2.57. The Bertz CT molecular complexity index is 1270. The molecule has 0 N–H and O–H groups in total. The van der Waals surface area contributed by atoms with E-state index in [4.69, 9.17) is 4.37 Å². The van der Waals surface area contributed by atoms with Gasteiger partial charge in [-0.3, -0.25) is 0 Å². The second kappa shape index (κ2) is 11.8. The molecule has 192 valence electrons. The van der Waals surface area contributed by atoms with Gasteiger partial charge in [0.15, 0.2) is 0 Å². The van der Waals surface area contributed by atoms with Gasteiger partial charge in [0.2, 0.25) is 0 Å². The normalized spacial score (nSPS) is 18.4. The molecule has 2 atom stereocenters. The third-order valence-electron chi connectivity index (χ3n) is 8.55. The van der Waals surface area contributed by atoms with Crippen molar-refractivity contribution in [3.05, 3.63) is 35.7 Å². The first kappa shape index (κ1) is 26.6. The second-order valence-electron chi connectivity index (χ2n) is 10.8. The van der Waals surface area contributed by atoms with E-state index in [2.05, 4.69) is 67.8 Å². The quantitative estimate of drug-likeness (QED) is 0.144. The van der Waals surface area contributed by atoms with Gasteiger partial charge in [0.25, 0.3) is 0 Å². The van der Waals surface area contributed by atoms with E-state index in [1.807, 2.05) is 31.5 Å². The molecule has 0 spiro atoms. The van der Waals surface area contributed by atoms with Gasteiger partial charge in [-0.05, 0) is 0 Å². The van der Waals surface area contributed by atoms with Crippen molar-refractivity contribution in [1.82, 2.24) is 8.75 Å². The summed E-state index contributed by atoms with van der Waals surface area (Å²) in [5.74, 6) is 1.73. The molecule has 0 fully saturated rings. The van der Waals surface area contributed by atoms with Crippen LogP contribution in [0.15, 0.2) is 35.7 Å². The fraction of sp³-hybridized carbons (Fsp3) is 0.533.